The van der Waals surface area contributed by atoms with Gasteiger partial charge in [-0.1, -0.05) is 38.5 Å². The summed E-state index contributed by atoms with van der Waals surface area (Å²) in [6.45, 7) is 3.88. The zero-order valence-corrected chi connectivity index (χ0v) is 21.0. The highest BCUT2D eigenvalue weighted by atomic mass is 32.1. The van der Waals surface area contributed by atoms with Gasteiger partial charge in [-0.25, -0.2) is 0 Å². The molecule has 2 amide bonds. The van der Waals surface area contributed by atoms with Gasteiger partial charge >= 0.3 is 0 Å². The third kappa shape index (κ3) is 4.34. The van der Waals surface area contributed by atoms with E-state index in [1.807, 2.05) is 17.9 Å². The van der Waals surface area contributed by atoms with E-state index in [2.05, 4.69) is 33.3 Å². The van der Waals surface area contributed by atoms with Crippen LogP contribution in [0.15, 0.2) is 17.5 Å². The second-order valence-electron chi connectivity index (χ2n) is 10.6. The van der Waals surface area contributed by atoms with E-state index >= 15 is 0 Å². The molecule has 0 radical (unpaired) electrons. The van der Waals surface area contributed by atoms with Gasteiger partial charge in [0.2, 0.25) is 5.91 Å². The highest BCUT2D eigenvalue weighted by molar-refractivity contribution is 7.17. The third-order valence-corrected chi connectivity index (χ3v) is 9.21. The molecule has 2 aliphatic carbocycles. The maximum atomic E-state index is 13.8. The lowest BCUT2D eigenvalue weighted by atomic mass is 9.91. The standard InChI is InChI=1S/C26H38N4O2S/c1-26(25(32)27-19-9-5-3-6-10-19)18-29-21-13-16-33-23(21)17-22(29)24(31)30(26)15-14-28(2)20-11-7-4-8-12-20/h13,16-17,19-20H,3-12,14-15,18H2,1-2H3,(H,27,32). The second kappa shape index (κ2) is 9.41. The number of fused-ring (bicyclic) bond motifs is 3. The number of thiophene rings is 1. The largest absolute Gasteiger partial charge is 0.351 e. The highest BCUT2D eigenvalue weighted by Gasteiger charge is 2.48. The first-order valence-electron chi connectivity index (χ1n) is 12.9. The van der Waals surface area contributed by atoms with Crippen molar-refractivity contribution in [2.45, 2.75) is 95.3 Å². The van der Waals surface area contributed by atoms with Crippen LogP contribution in [0, 0.1) is 0 Å². The molecule has 2 fully saturated rings. The van der Waals surface area contributed by atoms with Gasteiger partial charge in [0.1, 0.15) is 11.2 Å². The Balaban J connectivity index is 1.40. The van der Waals surface area contributed by atoms with Crippen molar-refractivity contribution in [3.63, 3.8) is 0 Å². The molecule has 1 atom stereocenters. The number of nitrogens with one attached hydrogen (secondary N) is 1. The normalized spacial score (nSPS) is 25.1. The van der Waals surface area contributed by atoms with E-state index in [1.165, 1.54) is 51.4 Å². The summed E-state index contributed by atoms with van der Waals surface area (Å²) in [5.74, 6) is -0.00575. The molecule has 0 spiro atoms. The molecule has 2 aromatic heterocycles. The fourth-order valence-corrected chi connectivity index (χ4v) is 7.00. The molecule has 6 nitrogen and oxygen atoms in total. The lowest BCUT2D eigenvalue weighted by molar-refractivity contribution is -0.134. The van der Waals surface area contributed by atoms with Crippen LogP contribution in [0.1, 0.15) is 81.6 Å². The number of nitrogens with zero attached hydrogens (tertiary/aromatic N) is 3. The number of hydrogen-bond acceptors (Lipinski definition) is 4. The molecular formula is C26H38N4O2S. The van der Waals surface area contributed by atoms with Crippen LogP contribution >= 0.6 is 11.3 Å². The van der Waals surface area contributed by atoms with E-state index in [9.17, 15) is 9.59 Å². The Morgan fingerprint density at radius 2 is 1.85 bits per heavy atom. The minimum Gasteiger partial charge on any atom is -0.351 e. The topological polar surface area (TPSA) is 57.6 Å². The highest BCUT2D eigenvalue weighted by Crippen LogP contribution is 2.35. The first kappa shape index (κ1) is 22.9. The molecule has 5 rings (SSSR count). The van der Waals surface area contributed by atoms with Crippen molar-refractivity contribution >= 4 is 33.4 Å². The summed E-state index contributed by atoms with van der Waals surface area (Å²) in [5, 5.41) is 5.40. The van der Waals surface area contributed by atoms with Crippen LogP contribution in [0.3, 0.4) is 0 Å². The van der Waals surface area contributed by atoms with Crippen LogP contribution in [0.25, 0.3) is 10.2 Å². The minimum atomic E-state index is -0.886. The predicted octanol–water partition coefficient (Wildman–Crippen LogP) is 4.63. The Labute approximate surface area is 201 Å². The third-order valence-electron chi connectivity index (χ3n) is 8.35. The zero-order valence-electron chi connectivity index (χ0n) is 20.1. The van der Waals surface area contributed by atoms with Gasteiger partial charge in [-0.15, -0.1) is 11.3 Å². The van der Waals surface area contributed by atoms with Crippen LogP contribution in [0.4, 0.5) is 0 Å². The number of rotatable bonds is 6. The molecule has 0 bridgehead atoms. The molecule has 1 aliphatic heterocycles. The summed E-state index contributed by atoms with van der Waals surface area (Å²) in [6.07, 6.45) is 12.1. The van der Waals surface area contributed by atoms with E-state index in [0.29, 0.717) is 19.1 Å². The van der Waals surface area contributed by atoms with E-state index in [0.717, 1.165) is 35.3 Å². The van der Waals surface area contributed by atoms with E-state index in [4.69, 9.17) is 0 Å². The molecule has 1 N–H and O–H groups in total. The quantitative estimate of drug-likeness (QED) is 0.670. The molecule has 0 saturated heterocycles. The number of aromatic nitrogens is 1. The van der Waals surface area contributed by atoms with Crippen molar-refractivity contribution < 1.29 is 9.59 Å². The first-order chi connectivity index (χ1) is 16.0. The molecule has 0 aromatic carbocycles. The molecule has 3 aliphatic rings. The summed E-state index contributed by atoms with van der Waals surface area (Å²) < 4.78 is 3.20. The fraction of sp³-hybridized carbons (Fsp3) is 0.692. The van der Waals surface area contributed by atoms with Crippen molar-refractivity contribution in [1.82, 2.24) is 19.7 Å². The summed E-state index contributed by atoms with van der Waals surface area (Å²) in [4.78, 5) is 31.9. The van der Waals surface area contributed by atoms with Crippen LogP contribution in [0.5, 0.6) is 0 Å². The molecule has 1 unspecified atom stereocenters. The van der Waals surface area contributed by atoms with Crippen molar-refractivity contribution in [1.29, 1.82) is 0 Å². The van der Waals surface area contributed by atoms with Crippen LogP contribution in [0.2, 0.25) is 0 Å². The van der Waals surface area contributed by atoms with E-state index < -0.39 is 5.54 Å². The van der Waals surface area contributed by atoms with Gasteiger partial charge in [0, 0.05) is 25.2 Å². The Hall–Kier alpha value is -1.86. The van der Waals surface area contributed by atoms with Gasteiger partial charge < -0.3 is 19.7 Å². The Kier molecular flexibility index (Phi) is 6.54. The molecular weight excluding hydrogens is 432 g/mol. The van der Waals surface area contributed by atoms with E-state index in [1.54, 1.807) is 11.3 Å². The predicted molar refractivity (Wildman–Crippen MR) is 134 cm³/mol. The van der Waals surface area contributed by atoms with Gasteiger partial charge in [-0.3, -0.25) is 9.59 Å². The van der Waals surface area contributed by atoms with Crippen molar-refractivity contribution in [2.24, 2.45) is 0 Å². The molecule has 2 saturated carbocycles. The Morgan fingerprint density at radius 1 is 1.15 bits per heavy atom. The van der Waals surface area contributed by atoms with Crippen LogP contribution in [-0.2, 0) is 11.3 Å². The minimum absolute atomic E-state index is 0.00537. The molecule has 2 aromatic rings. The first-order valence-corrected chi connectivity index (χ1v) is 13.8. The lowest BCUT2D eigenvalue weighted by Crippen LogP contribution is -2.65. The summed E-state index contributed by atoms with van der Waals surface area (Å²) >= 11 is 1.66. The number of hydrogen-bond donors (Lipinski definition) is 1. The van der Waals surface area contributed by atoms with E-state index in [-0.39, 0.29) is 17.9 Å². The number of carbonyl (C=O) groups excluding carboxylic acids is 2. The Morgan fingerprint density at radius 3 is 2.58 bits per heavy atom. The SMILES string of the molecule is CN(CCN1C(=O)c2cc3sccc3n2CC1(C)C(=O)NC1CCCCC1)C1CCCCC1. The van der Waals surface area contributed by atoms with Gasteiger partial charge in [-0.05, 0) is 57.2 Å². The monoisotopic (exact) mass is 470 g/mol. The van der Waals surface area contributed by atoms with Crippen molar-refractivity contribution in [3.8, 4) is 0 Å². The maximum Gasteiger partial charge on any atom is 0.271 e. The smallest absolute Gasteiger partial charge is 0.271 e. The van der Waals surface area contributed by atoms with Crippen molar-refractivity contribution in [2.75, 3.05) is 20.1 Å². The van der Waals surface area contributed by atoms with Crippen LogP contribution in [-0.4, -0.2) is 63.9 Å². The second-order valence-corrected chi connectivity index (χ2v) is 11.5. The number of likely N-dealkylation sites (N-methyl/N-ethyl adjacent to an activating group) is 1. The summed E-state index contributed by atoms with van der Waals surface area (Å²) in [6, 6.07) is 4.91. The van der Waals surface area contributed by atoms with Gasteiger partial charge in [0.25, 0.3) is 5.91 Å². The zero-order chi connectivity index (χ0) is 23.0. The number of carbonyl (C=O) groups is 2. The summed E-state index contributed by atoms with van der Waals surface area (Å²) in [7, 11) is 2.18. The lowest BCUT2D eigenvalue weighted by Gasteiger charge is -2.45. The average Bonchev–Trinajstić information content (AvgIpc) is 3.42. The summed E-state index contributed by atoms with van der Waals surface area (Å²) in [5.41, 5.74) is 0.905. The fourth-order valence-electron chi connectivity index (χ4n) is 6.17. The molecule has 7 heteroatoms. The van der Waals surface area contributed by atoms with Gasteiger partial charge in [0.05, 0.1) is 16.8 Å². The van der Waals surface area contributed by atoms with Gasteiger partial charge in [0.15, 0.2) is 0 Å². The van der Waals surface area contributed by atoms with Crippen LogP contribution < -0.4 is 5.32 Å². The molecule has 3 heterocycles. The molecule has 33 heavy (non-hydrogen) atoms. The van der Waals surface area contributed by atoms with Crippen molar-refractivity contribution in [3.05, 3.63) is 23.2 Å². The van der Waals surface area contributed by atoms with Gasteiger partial charge in [-0.2, -0.15) is 0 Å². The Bertz CT molecular complexity index is 1000. The maximum absolute atomic E-state index is 13.8. The molecule has 180 valence electrons. The number of amides is 2. The average molecular weight is 471 g/mol.